The first-order chi connectivity index (χ1) is 8.15. The van der Waals surface area contributed by atoms with Crippen molar-refractivity contribution >= 4 is 11.9 Å². The molecule has 5 nitrogen and oxygen atoms in total. The largest absolute Gasteiger partial charge is 0.466 e. The van der Waals surface area contributed by atoms with Crippen LogP contribution in [0.15, 0.2) is 24.3 Å². The Kier molecular flexibility index (Phi) is 5.16. The molecule has 0 saturated carbocycles. The van der Waals surface area contributed by atoms with E-state index in [1.54, 1.807) is 19.1 Å². The quantitative estimate of drug-likeness (QED) is 0.334. The van der Waals surface area contributed by atoms with Crippen LogP contribution in [0.3, 0.4) is 0 Å². The van der Waals surface area contributed by atoms with E-state index in [1.165, 1.54) is 0 Å². The fraction of sp³-hybridized carbons (Fsp3) is 0.333. The van der Waals surface area contributed by atoms with E-state index in [-0.39, 0.29) is 24.7 Å². The minimum absolute atomic E-state index is 0.202. The van der Waals surface area contributed by atoms with Crippen LogP contribution in [0, 0.1) is 0 Å². The number of hydrazine groups is 1. The van der Waals surface area contributed by atoms with Gasteiger partial charge in [0.1, 0.15) is 0 Å². The van der Waals surface area contributed by atoms with Gasteiger partial charge in [-0.2, -0.15) is 0 Å². The Labute approximate surface area is 99.9 Å². The van der Waals surface area contributed by atoms with E-state index in [4.69, 9.17) is 10.6 Å². The van der Waals surface area contributed by atoms with E-state index in [2.05, 4.69) is 5.43 Å². The van der Waals surface area contributed by atoms with Gasteiger partial charge in [-0.1, -0.05) is 24.3 Å². The maximum atomic E-state index is 11.3. The second-order valence-electron chi connectivity index (χ2n) is 3.55. The topological polar surface area (TPSA) is 81.4 Å². The molecule has 0 aliphatic rings. The number of benzene rings is 1. The minimum atomic E-state index is -0.270. The van der Waals surface area contributed by atoms with Gasteiger partial charge in [-0.3, -0.25) is 15.0 Å². The molecule has 17 heavy (non-hydrogen) atoms. The van der Waals surface area contributed by atoms with Gasteiger partial charge in [0.25, 0.3) is 0 Å². The van der Waals surface area contributed by atoms with Crippen LogP contribution in [0.5, 0.6) is 0 Å². The summed E-state index contributed by atoms with van der Waals surface area (Å²) in [6.45, 7) is 2.13. The van der Waals surface area contributed by atoms with Gasteiger partial charge in [0.2, 0.25) is 5.91 Å². The predicted molar refractivity (Wildman–Crippen MR) is 62.8 cm³/mol. The second kappa shape index (κ2) is 6.65. The van der Waals surface area contributed by atoms with Crippen molar-refractivity contribution in [2.24, 2.45) is 5.84 Å². The van der Waals surface area contributed by atoms with Crippen molar-refractivity contribution in [3.8, 4) is 0 Å². The van der Waals surface area contributed by atoms with Crippen molar-refractivity contribution in [2.75, 3.05) is 6.61 Å². The molecule has 0 bridgehead atoms. The first-order valence-corrected chi connectivity index (χ1v) is 5.38. The average Bonchev–Trinajstić information content (AvgIpc) is 2.29. The lowest BCUT2D eigenvalue weighted by Crippen LogP contribution is -2.31. The maximum absolute atomic E-state index is 11.3. The number of nitrogens with two attached hydrogens (primary N) is 1. The molecule has 5 heteroatoms. The molecule has 0 unspecified atom stereocenters. The summed E-state index contributed by atoms with van der Waals surface area (Å²) < 4.78 is 4.85. The average molecular weight is 236 g/mol. The number of carbonyl (C=O) groups excluding carboxylic acids is 2. The molecule has 1 aromatic rings. The summed E-state index contributed by atoms with van der Waals surface area (Å²) in [6.07, 6.45) is 0.416. The highest BCUT2D eigenvalue weighted by atomic mass is 16.5. The Hall–Kier alpha value is -1.88. The van der Waals surface area contributed by atoms with Crippen LogP contribution in [0.4, 0.5) is 0 Å². The van der Waals surface area contributed by atoms with Crippen molar-refractivity contribution in [2.45, 2.75) is 19.8 Å². The first kappa shape index (κ1) is 13.2. The molecule has 1 rings (SSSR count). The van der Waals surface area contributed by atoms with Crippen LogP contribution in [-0.2, 0) is 27.2 Å². The summed E-state index contributed by atoms with van der Waals surface area (Å²) in [5.41, 5.74) is 3.70. The van der Waals surface area contributed by atoms with Gasteiger partial charge in [-0.25, -0.2) is 5.84 Å². The molecule has 0 heterocycles. The Balaban J connectivity index is 2.65. The maximum Gasteiger partial charge on any atom is 0.310 e. The molecule has 3 N–H and O–H groups in total. The lowest BCUT2D eigenvalue weighted by molar-refractivity contribution is -0.142. The molecule has 0 aliphatic carbocycles. The summed E-state index contributed by atoms with van der Waals surface area (Å²) in [5, 5.41) is 0. The third kappa shape index (κ3) is 4.65. The molecule has 0 aliphatic heterocycles. The predicted octanol–water partition coefficient (Wildman–Crippen LogP) is 0.325. The van der Waals surface area contributed by atoms with Gasteiger partial charge < -0.3 is 4.74 Å². The summed E-state index contributed by atoms with van der Waals surface area (Å²) in [6, 6.07) is 7.23. The molecule has 0 fully saturated rings. The molecule has 1 aromatic carbocycles. The smallest absolute Gasteiger partial charge is 0.310 e. The van der Waals surface area contributed by atoms with Gasteiger partial charge in [0.15, 0.2) is 0 Å². The SMILES string of the molecule is CCOC(=O)Cc1cccc(CC(=O)NN)c1. The number of carbonyl (C=O) groups is 2. The molecule has 0 spiro atoms. The van der Waals surface area contributed by atoms with Gasteiger partial charge >= 0.3 is 5.97 Å². The number of hydrogen-bond donors (Lipinski definition) is 2. The van der Waals surface area contributed by atoms with Crippen molar-refractivity contribution in [3.63, 3.8) is 0 Å². The normalized spacial score (nSPS) is 9.76. The summed E-state index contributed by atoms with van der Waals surface area (Å²) >= 11 is 0. The van der Waals surface area contributed by atoms with Crippen LogP contribution in [0.1, 0.15) is 18.1 Å². The first-order valence-electron chi connectivity index (χ1n) is 5.38. The standard InChI is InChI=1S/C12H16N2O3/c1-2-17-12(16)8-10-5-3-4-9(6-10)7-11(15)14-13/h3-6H,2,7-8,13H2,1H3,(H,14,15). The van der Waals surface area contributed by atoms with Gasteiger partial charge in [0, 0.05) is 0 Å². The van der Waals surface area contributed by atoms with Gasteiger partial charge in [0.05, 0.1) is 19.4 Å². The van der Waals surface area contributed by atoms with Crippen LogP contribution in [-0.4, -0.2) is 18.5 Å². The summed E-state index contributed by atoms with van der Waals surface area (Å²) in [5.74, 6) is 4.47. The number of ether oxygens (including phenoxy) is 1. The lowest BCUT2D eigenvalue weighted by Gasteiger charge is -2.05. The van der Waals surface area contributed by atoms with Crippen molar-refractivity contribution in [1.82, 2.24) is 5.43 Å². The Morgan fingerprint density at radius 2 is 1.94 bits per heavy atom. The molecule has 0 saturated heterocycles. The third-order valence-corrected chi connectivity index (χ3v) is 2.17. The molecule has 0 radical (unpaired) electrons. The fourth-order valence-electron chi connectivity index (χ4n) is 1.46. The van der Waals surface area contributed by atoms with E-state index in [9.17, 15) is 9.59 Å². The molecule has 1 amide bonds. The number of hydrogen-bond acceptors (Lipinski definition) is 4. The molecular formula is C12H16N2O3. The van der Waals surface area contributed by atoms with Crippen LogP contribution >= 0.6 is 0 Å². The van der Waals surface area contributed by atoms with E-state index in [1.807, 2.05) is 12.1 Å². The molecule has 0 atom stereocenters. The van der Waals surface area contributed by atoms with Gasteiger partial charge in [-0.05, 0) is 18.1 Å². The minimum Gasteiger partial charge on any atom is -0.466 e. The highest BCUT2D eigenvalue weighted by Crippen LogP contribution is 2.07. The molecule has 92 valence electrons. The van der Waals surface area contributed by atoms with Crippen LogP contribution in [0.2, 0.25) is 0 Å². The van der Waals surface area contributed by atoms with Crippen molar-refractivity contribution < 1.29 is 14.3 Å². The van der Waals surface area contributed by atoms with Crippen molar-refractivity contribution in [1.29, 1.82) is 0 Å². The highest BCUT2D eigenvalue weighted by molar-refractivity contribution is 5.78. The number of nitrogens with one attached hydrogen (secondary N) is 1. The van der Waals surface area contributed by atoms with Crippen LogP contribution in [0.25, 0.3) is 0 Å². The molecule has 0 aromatic heterocycles. The zero-order valence-corrected chi connectivity index (χ0v) is 9.73. The van der Waals surface area contributed by atoms with Gasteiger partial charge in [-0.15, -0.1) is 0 Å². The highest BCUT2D eigenvalue weighted by Gasteiger charge is 2.06. The second-order valence-corrected chi connectivity index (χ2v) is 3.55. The van der Waals surface area contributed by atoms with E-state index in [0.717, 1.165) is 11.1 Å². The number of rotatable bonds is 5. The van der Waals surface area contributed by atoms with Crippen molar-refractivity contribution in [3.05, 3.63) is 35.4 Å². The van der Waals surface area contributed by atoms with E-state index >= 15 is 0 Å². The Morgan fingerprint density at radius 3 is 2.53 bits per heavy atom. The van der Waals surface area contributed by atoms with Crippen LogP contribution < -0.4 is 11.3 Å². The third-order valence-electron chi connectivity index (χ3n) is 2.17. The lowest BCUT2D eigenvalue weighted by atomic mass is 10.1. The van der Waals surface area contributed by atoms with E-state index in [0.29, 0.717) is 6.61 Å². The zero-order chi connectivity index (χ0) is 12.7. The fourth-order valence-corrected chi connectivity index (χ4v) is 1.46. The number of amides is 1. The summed E-state index contributed by atoms with van der Waals surface area (Å²) in [4.78, 5) is 22.4. The molecular weight excluding hydrogens is 220 g/mol. The Bertz CT molecular complexity index is 404. The van der Waals surface area contributed by atoms with E-state index < -0.39 is 0 Å². The Morgan fingerprint density at radius 1 is 1.29 bits per heavy atom. The number of esters is 1. The summed E-state index contributed by atoms with van der Waals surface area (Å²) in [7, 11) is 0. The monoisotopic (exact) mass is 236 g/mol. The zero-order valence-electron chi connectivity index (χ0n) is 9.73.